The minimum absolute atomic E-state index is 1.13. The second-order valence-electron chi connectivity index (χ2n) is 11.8. The Kier molecular flexibility index (Phi) is 5.89. The van der Waals surface area contributed by atoms with E-state index >= 15 is 0 Å². The lowest BCUT2D eigenvalue weighted by Crippen LogP contribution is -2.11. The molecule has 9 rings (SSSR count). The molecule has 1 nitrogen and oxygen atoms in total. The first-order chi connectivity index (χ1) is 22.3. The molecule has 0 bridgehead atoms. The third kappa shape index (κ3) is 4.24. The Labute approximate surface area is 262 Å². The maximum absolute atomic E-state index is 2.44. The number of hydrogen-bond donors (Lipinski definition) is 0. The molecule has 0 spiro atoms. The van der Waals surface area contributed by atoms with E-state index in [2.05, 4.69) is 181 Å². The van der Waals surface area contributed by atoms with E-state index in [1.165, 1.54) is 65.0 Å². The van der Waals surface area contributed by atoms with Crippen LogP contribution in [0.3, 0.4) is 0 Å². The number of anilines is 3. The number of rotatable bonds is 4. The average Bonchev–Trinajstić information content (AvgIpc) is 3.12. The van der Waals surface area contributed by atoms with Crippen molar-refractivity contribution in [2.75, 3.05) is 4.90 Å². The molecule has 0 saturated carbocycles. The van der Waals surface area contributed by atoms with E-state index in [0.717, 1.165) is 17.1 Å². The van der Waals surface area contributed by atoms with Crippen LogP contribution in [-0.4, -0.2) is 0 Å². The minimum atomic E-state index is 1.13. The van der Waals surface area contributed by atoms with Gasteiger partial charge in [0.25, 0.3) is 0 Å². The minimum Gasteiger partial charge on any atom is -0.310 e. The van der Waals surface area contributed by atoms with E-state index in [4.69, 9.17) is 0 Å². The Bertz CT molecular complexity index is 2550. The van der Waals surface area contributed by atoms with Gasteiger partial charge in [-0.1, -0.05) is 146 Å². The summed E-state index contributed by atoms with van der Waals surface area (Å²) in [4.78, 5) is 2.44. The molecule has 0 unspecified atom stereocenters. The van der Waals surface area contributed by atoms with Crippen LogP contribution in [-0.2, 0) is 0 Å². The van der Waals surface area contributed by atoms with Crippen molar-refractivity contribution in [1.82, 2.24) is 0 Å². The lowest BCUT2D eigenvalue weighted by molar-refractivity contribution is 1.31. The normalized spacial score (nSPS) is 11.6. The molecule has 0 atom stereocenters. The third-order valence-corrected chi connectivity index (χ3v) is 9.15. The average molecular weight is 572 g/mol. The van der Waals surface area contributed by atoms with Crippen LogP contribution in [0.25, 0.3) is 65.0 Å². The lowest BCUT2D eigenvalue weighted by atomic mass is 9.91. The molecule has 45 heavy (non-hydrogen) atoms. The molecule has 1 heteroatoms. The predicted octanol–water partition coefficient (Wildman–Crippen LogP) is 12.6. The largest absolute Gasteiger partial charge is 0.310 e. The van der Waals surface area contributed by atoms with Crippen molar-refractivity contribution in [2.24, 2.45) is 0 Å². The summed E-state index contributed by atoms with van der Waals surface area (Å²) < 4.78 is 0. The first-order valence-corrected chi connectivity index (χ1v) is 15.5. The standard InChI is InChI=1S/C44H29N/c1-2-11-30(12-3-1)35-16-10-17-37(27-35)45(38-26-25-31-13-4-5-15-34(31)28-38)42-29-36-24-23-33-22-21-32-14-6-7-18-39(32)43(33)44(36)41-20-9-8-19-40(41)42/h1-29H. The Morgan fingerprint density at radius 2 is 0.867 bits per heavy atom. The predicted molar refractivity (Wildman–Crippen MR) is 194 cm³/mol. The Balaban J connectivity index is 1.37. The zero-order valence-corrected chi connectivity index (χ0v) is 24.7. The van der Waals surface area contributed by atoms with Gasteiger partial charge in [-0.25, -0.2) is 0 Å². The van der Waals surface area contributed by atoms with Crippen LogP contribution in [0.5, 0.6) is 0 Å². The van der Waals surface area contributed by atoms with Gasteiger partial charge in [0.15, 0.2) is 0 Å². The summed E-state index contributed by atoms with van der Waals surface area (Å²) in [5.74, 6) is 0. The van der Waals surface area contributed by atoms with Gasteiger partial charge in [0.2, 0.25) is 0 Å². The molecule has 0 aliphatic heterocycles. The fourth-order valence-electron chi connectivity index (χ4n) is 7.06. The summed E-state index contributed by atoms with van der Waals surface area (Å²) in [5.41, 5.74) is 5.83. The maximum atomic E-state index is 2.44. The van der Waals surface area contributed by atoms with Crippen molar-refractivity contribution in [3.8, 4) is 11.1 Å². The highest BCUT2D eigenvalue weighted by Crippen LogP contribution is 2.45. The SMILES string of the molecule is c1ccc(-c2cccc(N(c3ccc4ccccc4c3)c3cc4ccc5ccc6ccccc6c5c4c4ccccc34)c2)cc1. The van der Waals surface area contributed by atoms with E-state index in [0.29, 0.717) is 0 Å². The topological polar surface area (TPSA) is 3.24 Å². The summed E-state index contributed by atoms with van der Waals surface area (Å²) in [6.45, 7) is 0. The van der Waals surface area contributed by atoms with Gasteiger partial charge in [-0.05, 0) is 89.9 Å². The molecule has 9 aromatic carbocycles. The van der Waals surface area contributed by atoms with Crippen LogP contribution < -0.4 is 4.90 Å². The molecule has 9 aromatic rings. The molecule has 0 radical (unpaired) electrons. The van der Waals surface area contributed by atoms with Crippen LogP contribution in [0.1, 0.15) is 0 Å². The van der Waals surface area contributed by atoms with Crippen molar-refractivity contribution in [3.63, 3.8) is 0 Å². The number of fused-ring (bicyclic) bond motifs is 8. The number of hydrogen-bond acceptors (Lipinski definition) is 1. The number of benzene rings is 9. The summed E-state index contributed by atoms with van der Waals surface area (Å²) in [7, 11) is 0. The Hall–Kier alpha value is -5.92. The van der Waals surface area contributed by atoms with Crippen molar-refractivity contribution in [1.29, 1.82) is 0 Å². The lowest BCUT2D eigenvalue weighted by Gasteiger charge is -2.28. The van der Waals surface area contributed by atoms with E-state index in [-0.39, 0.29) is 0 Å². The molecule has 0 aliphatic rings. The van der Waals surface area contributed by atoms with E-state index < -0.39 is 0 Å². The molecule has 0 heterocycles. The fourth-order valence-corrected chi connectivity index (χ4v) is 7.06. The molecular weight excluding hydrogens is 542 g/mol. The Morgan fingerprint density at radius 3 is 1.71 bits per heavy atom. The van der Waals surface area contributed by atoms with Crippen LogP contribution in [0.2, 0.25) is 0 Å². The van der Waals surface area contributed by atoms with E-state index in [9.17, 15) is 0 Å². The first kappa shape index (κ1) is 25.6. The van der Waals surface area contributed by atoms with Gasteiger partial charge >= 0.3 is 0 Å². The molecule has 0 fully saturated rings. The molecule has 0 aromatic heterocycles. The molecule has 0 aliphatic carbocycles. The first-order valence-electron chi connectivity index (χ1n) is 15.5. The smallest absolute Gasteiger partial charge is 0.0546 e. The van der Waals surface area contributed by atoms with Crippen LogP contribution >= 0.6 is 0 Å². The molecule has 0 N–H and O–H groups in total. The molecule has 210 valence electrons. The quantitative estimate of drug-likeness (QED) is 0.190. The maximum Gasteiger partial charge on any atom is 0.0546 e. The highest BCUT2D eigenvalue weighted by molar-refractivity contribution is 6.29. The van der Waals surface area contributed by atoms with Crippen LogP contribution in [0.15, 0.2) is 176 Å². The van der Waals surface area contributed by atoms with Gasteiger partial charge < -0.3 is 4.90 Å². The van der Waals surface area contributed by atoms with Gasteiger partial charge in [-0.15, -0.1) is 0 Å². The second-order valence-corrected chi connectivity index (χ2v) is 11.8. The summed E-state index contributed by atoms with van der Waals surface area (Å²) >= 11 is 0. The van der Waals surface area contributed by atoms with Crippen LogP contribution in [0.4, 0.5) is 17.1 Å². The van der Waals surface area contributed by atoms with Crippen LogP contribution in [0, 0.1) is 0 Å². The van der Waals surface area contributed by atoms with Gasteiger partial charge in [-0.3, -0.25) is 0 Å². The number of nitrogens with zero attached hydrogens (tertiary/aromatic N) is 1. The van der Waals surface area contributed by atoms with Gasteiger partial charge in [0, 0.05) is 16.8 Å². The Morgan fingerprint density at radius 1 is 0.289 bits per heavy atom. The zero-order valence-electron chi connectivity index (χ0n) is 24.7. The van der Waals surface area contributed by atoms with Gasteiger partial charge in [0.1, 0.15) is 0 Å². The van der Waals surface area contributed by atoms with Crippen molar-refractivity contribution in [3.05, 3.63) is 176 Å². The van der Waals surface area contributed by atoms with Gasteiger partial charge in [0.05, 0.1) is 5.69 Å². The molecular formula is C44H29N. The van der Waals surface area contributed by atoms with E-state index in [1.54, 1.807) is 0 Å². The zero-order chi connectivity index (χ0) is 29.7. The fraction of sp³-hybridized carbons (Fsp3) is 0. The molecule has 0 amide bonds. The monoisotopic (exact) mass is 571 g/mol. The molecule has 0 saturated heterocycles. The summed E-state index contributed by atoms with van der Waals surface area (Å²) in [5, 5.41) is 12.6. The summed E-state index contributed by atoms with van der Waals surface area (Å²) in [6.07, 6.45) is 0. The van der Waals surface area contributed by atoms with Crippen molar-refractivity contribution in [2.45, 2.75) is 0 Å². The second kappa shape index (κ2) is 10.4. The van der Waals surface area contributed by atoms with E-state index in [1.807, 2.05) is 0 Å². The van der Waals surface area contributed by atoms with Gasteiger partial charge in [-0.2, -0.15) is 0 Å². The summed E-state index contributed by atoms with van der Waals surface area (Å²) in [6, 6.07) is 64.1. The highest BCUT2D eigenvalue weighted by atomic mass is 15.1. The van der Waals surface area contributed by atoms with Crippen molar-refractivity contribution < 1.29 is 0 Å². The highest BCUT2D eigenvalue weighted by Gasteiger charge is 2.19. The third-order valence-electron chi connectivity index (χ3n) is 9.15. The van der Waals surface area contributed by atoms with Crippen molar-refractivity contribution >= 4 is 70.9 Å².